The number of phosphoric acid groups is 1. The SMILES string of the molecule is CCCCCCCCCCCCCCOP(=O)([O-])OCC[N+](C)(C)CCC. The van der Waals surface area contributed by atoms with Crippen LogP contribution < -0.4 is 4.89 Å². The van der Waals surface area contributed by atoms with Gasteiger partial charge >= 0.3 is 0 Å². The maximum atomic E-state index is 11.8. The molecule has 0 saturated heterocycles. The summed E-state index contributed by atoms with van der Waals surface area (Å²) in [6, 6.07) is 0. The van der Waals surface area contributed by atoms with Crippen molar-refractivity contribution in [2.75, 3.05) is 40.4 Å². The lowest BCUT2D eigenvalue weighted by Gasteiger charge is -2.30. The molecule has 1 unspecified atom stereocenters. The van der Waals surface area contributed by atoms with Gasteiger partial charge in [0.15, 0.2) is 0 Å². The summed E-state index contributed by atoms with van der Waals surface area (Å²) in [6.07, 6.45) is 16.1. The minimum absolute atomic E-state index is 0.187. The Bertz CT molecular complexity index is 377. The first-order valence-corrected chi connectivity index (χ1v) is 12.7. The van der Waals surface area contributed by atoms with Gasteiger partial charge in [0, 0.05) is 0 Å². The third-order valence-electron chi connectivity index (χ3n) is 5.02. The van der Waals surface area contributed by atoms with E-state index in [1.807, 2.05) is 0 Å². The highest BCUT2D eigenvalue weighted by molar-refractivity contribution is 7.45. The molecule has 0 aliphatic heterocycles. The van der Waals surface area contributed by atoms with Crippen molar-refractivity contribution < 1.29 is 23.0 Å². The van der Waals surface area contributed by atoms with E-state index in [0.717, 1.165) is 36.7 Å². The van der Waals surface area contributed by atoms with Crippen LogP contribution in [0.25, 0.3) is 0 Å². The number of rotatable bonds is 20. The number of quaternary nitrogens is 1. The van der Waals surface area contributed by atoms with Crippen LogP contribution in [0, 0.1) is 0 Å². The summed E-state index contributed by atoms with van der Waals surface area (Å²) in [5, 5.41) is 0. The fourth-order valence-electron chi connectivity index (χ4n) is 3.27. The van der Waals surface area contributed by atoms with Crippen LogP contribution in [0.2, 0.25) is 0 Å². The molecule has 164 valence electrons. The van der Waals surface area contributed by atoms with E-state index >= 15 is 0 Å². The predicted octanol–water partition coefficient (Wildman–Crippen LogP) is 5.68. The summed E-state index contributed by atoms with van der Waals surface area (Å²) in [4.78, 5) is 11.8. The summed E-state index contributed by atoms with van der Waals surface area (Å²) in [5.74, 6) is 0. The largest absolute Gasteiger partial charge is 0.756 e. The zero-order valence-corrected chi connectivity index (χ0v) is 19.4. The number of hydrogen-bond donors (Lipinski definition) is 0. The van der Waals surface area contributed by atoms with Gasteiger partial charge in [0.2, 0.25) is 0 Å². The van der Waals surface area contributed by atoms with E-state index in [0.29, 0.717) is 6.54 Å². The Balaban J connectivity index is 3.46. The molecule has 0 radical (unpaired) electrons. The van der Waals surface area contributed by atoms with Crippen LogP contribution in [0.4, 0.5) is 0 Å². The van der Waals surface area contributed by atoms with Crippen molar-refractivity contribution in [3.05, 3.63) is 0 Å². The fourth-order valence-corrected chi connectivity index (χ4v) is 4.01. The lowest BCUT2D eigenvalue weighted by atomic mass is 10.1. The Morgan fingerprint density at radius 3 is 1.59 bits per heavy atom. The highest BCUT2D eigenvalue weighted by atomic mass is 31.2. The molecule has 0 aromatic rings. The number of likely N-dealkylation sites (N-methyl/N-ethyl adjacent to an activating group) is 1. The topological polar surface area (TPSA) is 58.6 Å². The zero-order valence-electron chi connectivity index (χ0n) is 18.5. The van der Waals surface area contributed by atoms with Crippen molar-refractivity contribution >= 4 is 7.82 Å². The summed E-state index contributed by atoms with van der Waals surface area (Å²) >= 11 is 0. The van der Waals surface area contributed by atoms with Gasteiger partial charge in [-0.05, 0) is 12.8 Å². The van der Waals surface area contributed by atoms with Crippen molar-refractivity contribution in [3.8, 4) is 0 Å². The molecule has 0 bridgehead atoms. The van der Waals surface area contributed by atoms with E-state index < -0.39 is 7.82 Å². The van der Waals surface area contributed by atoms with E-state index in [1.54, 1.807) is 0 Å². The molecule has 6 heteroatoms. The van der Waals surface area contributed by atoms with Crippen LogP contribution >= 0.6 is 7.82 Å². The third-order valence-corrected chi connectivity index (χ3v) is 6.02. The molecule has 0 rings (SSSR count). The quantitative estimate of drug-likeness (QED) is 0.148. The minimum Gasteiger partial charge on any atom is -0.756 e. The lowest BCUT2D eigenvalue weighted by Crippen LogP contribution is -2.42. The van der Waals surface area contributed by atoms with Crippen molar-refractivity contribution in [3.63, 3.8) is 0 Å². The van der Waals surface area contributed by atoms with Crippen LogP contribution in [0.15, 0.2) is 0 Å². The summed E-state index contributed by atoms with van der Waals surface area (Å²) in [5.41, 5.74) is 0. The molecule has 0 aromatic heterocycles. The molecule has 0 saturated carbocycles. The summed E-state index contributed by atoms with van der Waals surface area (Å²) in [7, 11) is 0.0187. The van der Waals surface area contributed by atoms with E-state index in [9.17, 15) is 9.46 Å². The first-order valence-electron chi connectivity index (χ1n) is 11.2. The van der Waals surface area contributed by atoms with Gasteiger partial charge in [0.05, 0.1) is 27.2 Å². The van der Waals surface area contributed by atoms with Crippen LogP contribution in [0.1, 0.15) is 97.3 Å². The van der Waals surface area contributed by atoms with Gasteiger partial charge in [0.25, 0.3) is 7.82 Å². The number of nitrogens with zero attached hydrogens (tertiary/aromatic N) is 1. The molecule has 0 amide bonds. The molecule has 0 aromatic carbocycles. The second-order valence-electron chi connectivity index (χ2n) is 8.39. The first kappa shape index (κ1) is 27.1. The van der Waals surface area contributed by atoms with Crippen molar-refractivity contribution in [2.24, 2.45) is 0 Å². The monoisotopic (exact) mass is 407 g/mol. The predicted molar refractivity (Wildman–Crippen MR) is 113 cm³/mol. The molecule has 0 aliphatic carbocycles. The van der Waals surface area contributed by atoms with Gasteiger partial charge in [-0.2, -0.15) is 0 Å². The average molecular weight is 408 g/mol. The smallest absolute Gasteiger partial charge is 0.268 e. The standard InChI is InChI=1S/C21H46NO4P/c1-5-7-8-9-10-11-12-13-14-15-16-17-20-25-27(23,24)26-21-19-22(3,4)18-6-2/h5-21H2,1-4H3. The molecule has 0 heterocycles. The van der Waals surface area contributed by atoms with E-state index in [-0.39, 0.29) is 13.2 Å². The Kier molecular flexibility index (Phi) is 17.0. The Labute approximate surface area is 169 Å². The van der Waals surface area contributed by atoms with Crippen LogP contribution in [-0.4, -0.2) is 44.9 Å². The van der Waals surface area contributed by atoms with Gasteiger partial charge in [-0.25, -0.2) is 0 Å². The first-order chi connectivity index (χ1) is 12.8. The number of phosphoric ester groups is 1. The molecule has 0 N–H and O–H groups in total. The minimum atomic E-state index is -4.14. The summed E-state index contributed by atoms with van der Waals surface area (Å²) in [6.45, 7) is 6.48. The van der Waals surface area contributed by atoms with Crippen LogP contribution in [0.3, 0.4) is 0 Å². The molecule has 27 heavy (non-hydrogen) atoms. The fraction of sp³-hybridized carbons (Fsp3) is 1.00. The Morgan fingerprint density at radius 1 is 0.667 bits per heavy atom. The Hall–Kier alpha value is 0.0700. The molecule has 0 fully saturated rings. The van der Waals surface area contributed by atoms with Gasteiger partial charge in [0.1, 0.15) is 13.2 Å². The number of hydrogen-bond acceptors (Lipinski definition) is 4. The molecular weight excluding hydrogens is 361 g/mol. The van der Waals surface area contributed by atoms with Crippen molar-refractivity contribution in [2.45, 2.75) is 97.3 Å². The summed E-state index contributed by atoms with van der Waals surface area (Å²) < 4.78 is 22.5. The molecular formula is C21H46NO4P. The maximum Gasteiger partial charge on any atom is 0.268 e. The van der Waals surface area contributed by atoms with E-state index in [4.69, 9.17) is 9.05 Å². The second-order valence-corrected chi connectivity index (χ2v) is 9.80. The van der Waals surface area contributed by atoms with E-state index in [2.05, 4.69) is 27.9 Å². The molecule has 0 aliphatic rings. The molecule has 1 atom stereocenters. The second kappa shape index (κ2) is 17.0. The van der Waals surface area contributed by atoms with Crippen LogP contribution in [-0.2, 0) is 13.6 Å². The highest BCUT2D eigenvalue weighted by Gasteiger charge is 2.16. The van der Waals surface area contributed by atoms with Gasteiger partial charge in [-0.3, -0.25) is 4.57 Å². The van der Waals surface area contributed by atoms with Gasteiger partial charge in [-0.15, -0.1) is 0 Å². The highest BCUT2D eigenvalue weighted by Crippen LogP contribution is 2.38. The van der Waals surface area contributed by atoms with Gasteiger partial charge in [-0.1, -0.05) is 84.5 Å². The normalized spacial score (nSPS) is 14.4. The van der Waals surface area contributed by atoms with Crippen molar-refractivity contribution in [1.82, 2.24) is 0 Å². The molecule has 5 nitrogen and oxygen atoms in total. The van der Waals surface area contributed by atoms with Crippen molar-refractivity contribution in [1.29, 1.82) is 0 Å². The maximum absolute atomic E-state index is 11.8. The molecule has 0 spiro atoms. The van der Waals surface area contributed by atoms with Gasteiger partial charge < -0.3 is 18.4 Å². The average Bonchev–Trinajstić information content (AvgIpc) is 2.58. The lowest BCUT2D eigenvalue weighted by molar-refractivity contribution is -0.890. The van der Waals surface area contributed by atoms with Crippen LogP contribution in [0.5, 0.6) is 0 Å². The van der Waals surface area contributed by atoms with E-state index in [1.165, 1.54) is 57.8 Å². The third kappa shape index (κ3) is 19.2. The Morgan fingerprint density at radius 2 is 1.11 bits per heavy atom. The zero-order chi connectivity index (χ0) is 20.4. The number of unbranched alkanes of at least 4 members (excludes halogenated alkanes) is 11.